The van der Waals surface area contributed by atoms with E-state index in [0.29, 0.717) is 0 Å². The van der Waals surface area contributed by atoms with Gasteiger partial charge in [0.15, 0.2) is 0 Å². The molecular weight excluding hydrogens is 292 g/mol. The van der Waals surface area contributed by atoms with Crippen LogP contribution >= 0.6 is 0 Å². The summed E-state index contributed by atoms with van der Waals surface area (Å²) in [4.78, 5) is 15.3. The fraction of sp³-hybridized carbons (Fsp3) is 0.611. The van der Waals surface area contributed by atoms with Gasteiger partial charge in [0, 0.05) is 31.2 Å². The summed E-state index contributed by atoms with van der Waals surface area (Å²) in [6.07, 6.45) is 0.633. The summed E-state index contributed by atoms with van der Waals surface area (Å²) >= 11 is 0. The number of carbonyl (C=O) groups is 1. The number of amides is 1. The van der Waals surface area contributed by atoms with Crippen LogP contribution in [0.1, 0.15) is 39.2 Å². The molecule has 0 N–H and O–H groups in total. The number of nitrogens with zero attached hydrogens (tertiary/aromatic N) is 2. The van der Waals surface area contributed by atoms with Gasteiger partial charge < -0.3 is 19.5 Å². The highest BCUT2D eigenvalue weighted by molar-refractivity contribution is 5.64. The summed E-state index contributed by atoms with van der Waals surface area (Å²) in [5.41, 5.74) is 0.832. The van der Waals surface area contributed by atoms with Crippen LogP contribution in [0.2, 0.25) is 0 Å². The van der Waals surface area contributed by atoms with Gasteiger partial charge >= 0.3 is 0 Å². The molecular formula is C18H27N2O3-. The van der Waals surface area contributed by atoms with Crippen molar-refractivity contribution in [1.29, 1.82) is 0 Å². The first kappa shape index (κ1) is 17.6. The first-order chi connectivity index (χ1) is 10.8. The van der Waals surface area contributed by atoms with Crippen molar-refractivity contribution in [2.24, 2.45) is 0 Å². The molecule has 1 saturated heterocycles. The zero-order chi connectivity index (χ0) is 17.0. The van der Waals surface area contributed by atoms with E-state index >= 15 is 0 Å². The third-order valence-corrected chi connectivity index (χ3v) is 4.41. The molecule has 1 aromatic carbocycles. The maximum absolute atomic E-state index is 11.5. The van der Waals surface area contributed by atoms with Crippen LogP contribution in [0.5, 0.6) is 5.75 Å². The molecule has 128 valence electrons. The number of likely N-dealkylation sites (tertiary alicyclic amines) is 1. The largest absolute Gasteiger partial charge is 0.530 e. The third-order valence-electron chi connectivity index (χ3n) is 4.41. The Morgan fingerprint density at radius 3 is 2.26 bits per heavy atom. The molecule has 1 heterocycles. The average molecular weight is 319 g/mol. The molecule has 0 aliphatic carbocycles. The van der Waals surface area contributed by atoms with Crippen LogP contribution in [-0.2, 0) is 6.54 Å². The molecule has 0 spiro atoms. The Labute approximate surface area is 138 Å². The van der Waals surface area contributed by atoms with Gasteiger partial charge in [-0.15, -0.1) is 0 Å². The van der Waals surface area contributed by atoms with E-state index in [1.165, 1.54) is 10.5 Å². The average Bonchev–Trinajstić information content (AvgIpc) is 2.48. The molecule has 1 aliphatic heterocycles. The summed E-state index contributed by atoms with van der Waals surface area (Å²) in [7, 11) is 1.66. The monoisotopic (exact) mass is 319 g/mol. The number of hydrogen-bond donors (Lipinski definition) is 0. The van der Waals surface area contributed by atoms with Gasteiger partial charge in [-0.2, -0.15) is 0 Å². The maximum Gasteiger partial charge on any atom is 0.137 e. The van der Waals surface area contributed by atoms with Crippen LogP contribution in [0, 0.1) is 0 Å². The lowest BCUT2D eigenvalue weighted by Crippen LogP contribution is -2.58. The summed E-state index contributed by atoms with van der Waals surface area (Å²) < 4.78 is 5.17. The highest BCUT2D eigenvalue weighted by Crippen LogP contribution is 2.25. The van der Waals surface area contributed by atoms with Crippen molar-refractivity contribution in [2.75, 3.05) is 20.2 Å². The lowest BCUT2D eigenvalue weighted by Gasteiger charge is -2.46. The summed E-state index contributed by atoms with van der Waals surface area (Å²) in [6.45, 7) is 8.45. The highest BCUT2D eigenvalue weighted by Gasteiger charge is 2.31. The fourth-order valence-electron chi connectivity index (χ4n) is 3.30. The molecule has 0 saturated carbocycles. The Balaban J connectivity index is 1.91. The molecule has 5 heteroatoms. The number of methoxy groups -OCH3 is 1. The van der Waals surface area contributed by atoms with E-state index in [4.69, 9.17) is 4.74 Å². The van der Waals surface area contributed by atoms with Crippen LogP contribution in [-0.4, -0.2) is 47.7 Å². The first-order valence-corrected chi connectivity index (χ1v) is 8.17. The Bertz CT molecular complexity index is 514. The molecule has 0 bridgehead atoms. The number of carboxylic acid groups (broad SMARTS) is 1. The van der Waals surface area contributed by atoms with Crippen molar-refractivity contribution < 1.29 is 14.6 Å². The minimum Gasteiger partial charge on any atom is -0.530 e. The Morgan fingerprint density at radius 1 is 1.26 bits per heavy atom. The van der Waals surface area contributed by atoms with Crippen molar-refractivity contribution in [1.82, 2.24) is 9.80 Å². The van der Waals surface area contributed by atoms with E-state index < -0.39 is 11.6 Å². The van der Waals surface area contributed by atoms with E-state index in [9.17, 15) is 9.90 Å². The molecule has 0 radical (unpaired) electrons. The SMILES string of the molecule is COc1ccc(CN2CCC(N(C(=O)[O-])C(C)(C)C)CC2)cc1. The van der Waals surface area contributed by atoms with Crippen LogP contribution < -0.4 is 9.84 Å². The molecule has 0 aromatic heterocycles. The minimum absolute atomic E-state index is 0.0483. The van der Waals surface area contributed by atoms with Gasteiger partial charge in [-0.05, 0) is 51.3 Å². The van der Waals surface area contributed by atoms with Crippen molar-refractivity contribution in [3.63, 3.8) is 0 Å². The molecule has 23 heavy (non-hydrogen) atoms. The van der Waals surface area contributed by atoms with Crippen LogP contribution in [0.15, 0.2) is 24.3 Å². The smallest absolute Gasteiger partial charge is 0.137 e. The number of piperidine rings is 1. The predicted octanol–water partition coefficient (Wildman–Crippen LogP) is 2.10. The molecule has 1 aromatic rings. The topological polar surface area (TPSA) is 55.8 Å². The molecule has 1 amide bonds. The standard InChI is InChI=1S/C18H28N2O3/c1-18(2,3)20(17(21)22)15-9-11-19(12-10-15)13-14-5-7-16(23-4)8-6-14/h5-8,15H,9-13H2,1-4H3,(H,21,22)/p-1. The zero-order valence-electron chi connectivity index (χ0n) is 14.5. The van der Waals surface area contributed by atoms with E-state index in [1.54, 1.807) is 7.11 Å². The molecule has 1 fully saturated rings. The maximum atomic E-state index is 11.5. The van der Waals surface area contributed by atoms with Gasteiger partial charge in [0.1, 0.15) is 11.8 Å². The zero-order valence-corrected chi connectivity index (χ0v) is 14.5. The Morgan fingerprint density at radius 2 is 1.83 bits per heavy atom. The van der Waals surface area contributed by atoms with E-state index in [1.807, 2.05) is 32.9 Å². The quantitative estimate of drug-likeness (QED) is 0.853. The van der Waals surface area contributed by atoms with Gasteiger partial charge in [-0.25, -0.2) is 0 Å². The molecule has 0 atom stereocenters. The van der Waals surface area contributed by atoms with Gasteiger partial charge in [-0.1, -0.05) is 12.1 Å². The normalized spacial score (nSPS) is 17.0. The van der Waals surface area contributed by atoms with Gasteiger partial charge in [0.2, 0.25) is 0 Å². The van der Waals surface area contributed by atoms with Crippen molar-refractivity contribution in [2.45, 2.75) is 51.7 Å². The predicted molar refractivity (Wildman–Crippen MR) is 88.3 cm³/mol. The van der Waals surface area contributed by atoms with Crippen molar-refractivity contribution in [3.8, 4) is 5.75 Å². The van der Waals surface area contributed by atoms with E-state index in [-0.39, 0.29) is 6.04 Å². The third kappa shape index (κ3) is 4.61. The molecule has 1 aliphatic rings. The fourth-order valence-corrected chi connectivity index (χ4v) is 3.30. The van der Waals surface area contributed by atoms with Crippen LogP contribution in [0.3, 0.4) is 0 Å². The second kappa shape index (κ2) is 7.21. The molecule has 0 unspecified atom stereocenters. The van der Waals surface area contributed by atoms with Gasteiger partial charge in [-0.3, -0.25) is 4.90 Å². The van der Waals surface area contributed by atoms with E-state index in [0.717, 1.165) is 38.2 Å². The van der Waals surface area contributed by atoms with Gasteiger partial charge in [0.25, 0.3) is 0 Å². The number of rotatable bonds is 4. The number of carbonyl (C=O) groups excluding carboxylic acids is 1. The first-order valence-electron chi connectivity index (χ1n) is 8.17. The van der Waals surface area contributed by atoms with Crippen molar-refractivity contribution in [3.05, 3.63) is 29.8 Å². The summed E-state index contributed by atoms with van der Waals surface area (Å²) in [5.74, 6) is 0.863. The van der Waals surface area contributed by atoms with Gasteiger partial charge in [0.05, 0.1) is 7.11 Å². The number of hydrogen-bond acceptors (Lipinski definition) is 4. The Kier molecular flexibility index (Phi) is 5.52. The summed E-state index contributed by atoms with van der Waals surface area (Å²) in [5, 5.41) is 11.5. The summed E-state index contributed by atoms with van der Waals surface area (Å²) in [6, 6.07) is 8.15. The minimum atomic E-state index is -1.06. The second-order valence-electron chi connectivity index (χ2n) is 7.16. The lowest BCUT2D eigenvalue weighted by molar-refractivity contribution is -0.274. The highest BCUT2D eigenvalue weighted by atomic mass is 16.5. The second-order valence-corrected chi connectivity index (χ2v) is 7.16. The van der Waals surface area contributed by atoms with Crippen LogP contribution in [0.25, 0.3) is 0 Å². The molecule has 5 nitrogen and oxygen atoms in total. The molecule has 2 rings (SSSR count). The Hall–Kier alpha value is -1.75. The number of ether oxygens (including phenoxy) is 1. The van der Waals surface area contributed by atoms with E-state index in [2.05, 4.69) is 17.0 Å². The lowest BCUT2D eigenvalue weighted by atomic mass is 9.96. The number of benzene rings is 1. The van der Waals surface area contributed by atoms with Crippen LogP contribution in [0.4, 0.5) is 4.79 Å². The van der Waals surface area contributed by atoms with Crippen molar-refractivity contribution >= 4 is 6.09 Å².